The van der Waals surface area contributed by atoms with E-state index < -0.39 is 0 Å². The van der Waals surface area contributed by atoms with Crippen molar-refractivity contribution in [3.05, 3.63) is 18.2 Å². The molecule has 1 aromatic rings. The first-order valence-corrected chi connectivity index (χ1v) is 8.09. The monoisotopic (exact) mass is 275 g/mol. The van der Waals surface area contributed by atoms with Crippen LogP contribution in [-0.4, -0.2) is 38.9 Å². The van der Waals surface area contributed by atoms with Crippen LogP contribution in [0.3, 0.4) is 0 Å². The number of likely N-dealkylation sites (tertiary alicyclic amines) is 1. The smallest absolute Gasteiger partial charge is 0.218 e. The van der Waals surface area contributed by atoms with Gasteiger partial charge in [0.2, 0.25) is 5.78 Å². The Kier molecular flexibility index (Phi) is 3.92. The Hall–Kier alpha value is -1.16. The van der Waals surface area contributed by atoms with Crippen molar-refractivity contribution in [1.29, 1.82) is 0 Å². The summed E-state index contributed by atoms with van der Waals surface area (Å²) in [6.45, 7) is 5.05. The Morgan fingerprint density at radius 2 is 1.90 bits per heavy atom. The molecule has 20 heavy (non-hydrogen) atoms. The molecule has 3 rings (SSSR count). The second-order valence-electron chi connectivity index (χ2n) is 6.15. The number of ketones is 1. The third-order valence-electron chi connectivity index (χ3n) is 5.07. The highest BCUT2D eigenvalue weighted by molar-refractivity contribution is 6.00. The molecule has 1 aromatic heterocycles. The summed E-state index contributed by atoms with van der Waals surface area (Å²) in [6, 6.07) is 0. The van der Waals surface area contributed by atoms with E-state index in [9.17, 15) is 4.79 Å². The summed E-state index contributed by atoms with van der Waals surface area (Å²) in [5.74, 6) is 0.934. The van der Waals surface area contributed by atoms with Gasteiger partial charge >= 0.3 is 0 Å². The lowest BCUT2D eigenvalue weighted by molar-refractivity contribution is 0.0463. The SMILES string of the molecule is CCn1ccnc1C(=O)C1(N2CCCCC2)CCCC1. The van der Waals surface area contributed by atoms with Crippen LogP contribution in [0.1, 0.15) is 62.5 Å². The van der Waals surface area contributed by atoms with Gasteiger partial charge in [0.05, 0.1) is 5.54 Å². The molecule has 0 aromatic carbocycles. The van der Waals surface area contributed by atoms with Crippen LogP contribution in [0.5, 0.6) is 0 Å². The number of Topliss-reactive ketones (excluding diaryl/α,β-unsaturated/α-hetero) is 1. The van der Waals surface area contributed by atoms with E-state index in [0.29, 0.717) is 5.82 Å². The molecule has 0 N–H and O–H groups in total. The summed E-state index contributed by atoms with van der Waals surface area (Å²) in [5.41, 5.74) is -0.251. The van der Waals surface area contributed by atoms with Crippen LogP contribution in [0.2, 0.25) is 0 Å². The van der Waals surface area contributed by atoms with Crippen molar-refractivity contribution in [1.82, 2.24) is 14.5 Å². The predicted molar refractivity (Wildman–Crippen MR) is 78.9 cm³/mol. The van der Waals surface area contributed by atoms with Crippen molar-refractivity contribution in [3.63, 3.8) is 0 Å². The Morgan fingerprint density at radius 3 is 2.55 bits per heavy atom. The molecular weight excluding hydrogens is 250 g/mol. The minimum absolute atomic E-state index is 0.251. The lowest BCUT2D eigenvalue weighted by Gasteiger charge is -2.42. The minimum atomic E-state index is -0.251. The van der Waals surface area contributed by atoms with Crippen molar-refractivity contribution >= 4 is 5.78 Å². The van der Waals surface area contributed by atoms with Crippen LogP contribution in [0, 0.1) is 0 Å². The molecule has 4 nitrogen and oxygen atoms in total. The van der Waals surface area contributed by atoms with Gasteiger partial charge < -0.3 is 4.57 Å². The third-order valence-corrected chi connectivity index (χ3v) is 5.07. The second kappa shape index (κ2) is 5.68. The molecule has 1 saturated heterocycles. The number of imidazole rings is 1. The van der Waals surface area contributed by atoms with E-state index in [1.807, 2.05) is 10.8 Å². The van der Waals surface area contributed by atoms with Gasteiger partial charge in [-0.05, 0) is 45.7 Å². The Balaban J connectivity index is 1.91. The predicted octanol–water partition coefficient (Wildman–Crippen LogP) is 2.88. The third kappa shape index (κ3) is 2.20. The summed E-state index contributed by atoms with van der Waals surface area (Å²) in [7, 11) is 0. The fraction of sp³-hybridized carbons (Fsp3) is 0.750. The number of rotatable bonds is 4. The van der Waals surface area contributed by atoms with Crippen molar-refractivity contribution in [2.24, 2.45) is 0 Å². The zero-order valence-corrected chi connectivity index (χ0v) is 12.5. The topological polar surface area (TPSA) is 38.1 Å². The zero-order chi connectivity index (χ0) is 14.0. The van der Waals surface area contributed by atoms with Gasteiger partial charge in [-0.2, -0.15) is 0 Å². The van der Waals surface area contributed by atoms with Gasteiger partial charge in [-0.25, -0.2) is 4.98 Å². The summed E-state index contributed by atoms with van der Waals surface area (Å²) in [5, 5.41) is 0. The van der Waals surface area contributed by atoms with Gasteiger partial charge in [-0.1, -0.05) is 19.3 Å². The number of nitrogens with zero attached hydrogens (tertiary/aromatic N) is 3. The maximum Gasteiger partial charge on any atom is 0.218 e. The van der Waals surface area contributed by atoms with Gasteiger partial charge in [-0.15, -0.1) is 0 Å². The van der Waals surface area contributed by atoms with E-state index in [2.05, 4.69) is 16.8 Å². The normalized spacial score (nSPS) is 23.1. The molecule has 0 atom stereocenters. The van der Waals surface area contributed by atoms with Crippen LogP contribution >= 0.6 is 0 Å². The Labute approximate surface area is 121 Å². The highest BCUT2D eigenvalue weighted by Crippen LogP contribution is 2.39. The Morgan fingerprint density at radius 1 is 1.20 bits per heavy atom. The largest absolute Gasteiger partial charge is 0.329 e. The molecule has 1 aliphatic carbocycles. The Bertz CT molecular complexity index is 468. The summed E-state index contributed by atoms with van der Waals surface area (Å²) in [6.07, 6.45) is 11.8. The fourth-order valence-electron chi connectivity index (χ4n) is 3.95. The lowest BCUT2D eigenvalue weighted by atomic mass is 9.87. The van der Waals surface area contributed by atoms with E-state index in [4.69, 9.17) is 0 Å². The number of hydrogen-bond donors (Lipinski definition) is 0. The average molecular weight is 275 g/mol. The first-order chi connectivity index (χ1) is 9.78. The van der Waals surface area contributed by atoms with Crippen LogP contribution in [-0.2, 0) is 6.54 Å². The highest BCUT2D eigenvalue weighted by atomic mass is 16.1. The van der Waals surface area contributed by atoms with Gasteiger partial charge in [0.15, 0.2) is 5.82 Å². The number of carbonyl (C=O) groups excluding carboxylic acids is 1. The molecule has 0 unspecified atom stereocenters. The first-order valence-electron chi connectivity index (χ1n) is 8.09. The van der Waals surface area contributed by atoms with E-state index in [1.165, 1.54) is 32.1 Å². The van der Waals surface area contributed by atoms with Gasteiger partial charge in [0.1, 0.15) is 0 Å². The summed E-state index contributed by atoms with van der Waals surface area (Å²) in [4.78, 5) is 20.0. The second-order valence-corrected chi connectivity index (χ2v) is 6.15. The molecule has 0 amide bonds. The molecule has 0 spiro atoms. The lowest BCUT2D eigenvalue weighted by Crippen LogP contribution is -2.55. The number of carbonyl (C=O) groups is 1. The summed E-state index contributed by atoms with van der Waals surface area (Å²) < 4.78 is 1.99. The zero-order valence-electron chi connectivity index (χ0n) is 12.5. The molecule has 0 bridgehead atoms. The van der Waals surface area contributed by atoms with Gasteiger partial charge in [0, 0.05) is 18.9 Å². The van der Waals surface area contributed by atoms with Gasteiger partial charge in [0.25, 0.3) is 0 Å². The minimum Gasteiger partial charge on any atom is -0.329 e. The van der Waals surface area contributed by atoms with E-state index >= 15 is 0 Å². The fourth-order valence-corrected chi connectivity index (χ4v) is 3.95. The molecule has 2 heterocycles. The molecule has 4 heteroatoms. The molecular formula is C16H25N3O. The van der Waals surface area contributed by atoms with E-state index in [-0.39, 0.29) is 11.3 Å². The molecule has 2 fully saturated rings. The van der Waals surface area contributed by atoms with Crippen molar-refractivity contribution in [2.45, 2.75) is 64.0 Å². The highest BCUT2D eigenvalue weighted by Gasteiger charge is 2.47. The number of hydrogen-bond acceptors (Lipinski definition) is 3. The van der Waals surface area contributed by atoms with Crippen LogP contribution in [0.15, 0.2) is 12.4 Å². The first kappa shape index (κ1) is 13.8. The van der Waals surface area contributed by atoms with Crippen molar-refractivity contribution in [2.75, 3.05) is 13.1 Å². The maximum atomic E-state index is 13.2. The van der Waals surface area contributed by atoms with E-state index in [0.717, 1.165) is 32.5 Å². The van der Waals surface area contributed by atoms with Crippen molar-refractivity contribution in [3.8, 4) is 0 Å². The van der Waals surface area contributed by atoms with Crippen LogP contribution in [0.4, 0.5) is 0 Å². The number of piperidine rings is 1. The summed E-state index contributed by atoms with van der Waals surface area (Å²) >= 11 is 0. The van der Waals surface area contributed by atoms with E-state index in [1.54, 1.807) is 6.20 Å². The van der Waals surface area contributed by atoms with Crippen molar-refractivity contribution < 1.29 is 4.79 Å². The molecule has 2 aliphatic rings. The number of aryl methyl sites for hydroxylation is 1. The molecule has 1 aliphatic heterocycles. The van der Waals surface area contributed by atoms with Crippen LogP contribution in [0.25, 0.3) is 0 Å². The molecule has 1 saturated carbocycles. The molecule has 0 radical (unpaired) electrons. The quantitative estimate of drug-likeness (QED) is 0.793. The van der Waals surface area contributed by atoms with Gasteiger partial charge in [-0.3, -0.25) is 9.69 Å². The molecule has 110 valence electrons. The number of aromatic nitrogens is 2. The standard InChI is InChI=1S/C16H25N3O/c1-2-18-13-10-17-15(18)14(20)16(8-4-5-9-16)19-11-6-3-7-12-19/h10,13H,2-9,11-12H2,1H3. The maximum absolute atomic E-state index is 13.2. The average Bonchev–Trinajstić information content (AvgIpc) is 3.17. The van der Waals surface area contributed by atoms with Crippen LogP contribution < -0.4 is 0 Å².